The molecular formula is C10H13N3O2S. The van der Waals surface area contributed by atoms with Crippen molar-refractivity contribution >= 4 is 24.6 Å². The summed E-state index contributed by atoms with van der Waals surface area (Å²) in [7, 11) is 0. The summed E-state index contributed by atoms with van der Waals surface area (Å²) in [5.74, 6) is -0.225. The van der Waals surface area contributed by atoms with E-state index in [-0.39, 0.29) is 5.91 Å². The van der Waals surface area contributed by atoms with Gasteiger partial charge >= 0.3 is 6.03 Å². The summed E-state index contributed by atoms with van der Waals surface area (Å²) in [5.41, 5.74) is 5.37. The van der Waals surface area contributed by atoms with Gasteiger partial charge in [-0.25, -0.2) is 4.79 Å². The van der Waals surface area contributed by atoms with Crippen molar-refractivity contribution in [3.8, 4) is 0 Å². The van der Waals surface area contributed by atoms with E-state index >= 15 is 0 Å². The minimum Gasteiger partial charge on any atom is -0.352 e. The molecule has 0 aromatic heterocycles. The molecule has 1 aromatic rings. The predicted octanol–water partition coefficient (Wildman–Crippen LogP) is 0.373. The van der Waals surface area contributed by atoms with E-state index < -0.39 is 6.03 Å². The molecule has 3 amide bonds. The van der Waals surface area contributed by atoms with Gasteiger partial charge in [0.25, 0.3) is 5.91 Å². The van der Waals surface area contributed by atoms with E-state index in [1.54, 1.807) is 24.3 Å². The van der Waals surface area contributed by atoms with Crippen LogP contribution in [0.4, 0.5) is 4.79 Å². The van der Waals surface area contributed by atoms with Gasteiger partial charge in [-0.3, -0.25) is 4.79 Å². The van der Waals surface area contributed by atoms with Crippen molar-refractivity contribution < 1.29 is 9.59 Å². The molecule has 0 heterocycles. The fraction of sp³-hybridized carbons (Fsp3) is 0.200. The Morgan fingerprint density at radius 2 is 1.81 bits per heavy atom. The lowest BCUT2D eigenvalue weighted by molar-refractivity contribution is 0.0951. The molecule has 6 heteroatoms. The number of amides is 3. The molecular weight excluding hydrogens is 226 g/mol. The Morgan fingerprint density at radius 3 is 2.44 bits per heavy atom. The van der Waals surface area contributed by atoms with Crippen molar-refractivity contribution in [3.63, 3.8) is 0 Å². The first kappa shape index (κ1) is 12.4. The zero-order chi connectivity index (χ0) is 12.0. The number of benzene rings is 1. The summed E-state index contributed by atoms with van der Waals surface area (Å²) in [4.78, 5) is 22.6. The first-order valence-electron chi connectivity index (χ1n) is 4.70. The third-order valence-electron chi connectivity index (χ3n) is 1.86. The van der Waals surface area contributed by atoms with E-state index in [2.05, 4.69) is 23.3 Å². The van der Waals surface area contributed by atoms with Crippen molar-refractivity contribution in [1.29, 1.82) is 0 Å². The number of rotatable bonds is 4. The number of thiol groups is 1. The van der Waals surface area contributed by atoms with Gasteiger partial charge in [-0.2, -0.15) is 0 Å². The highest BCUT2D eigenvalue weighted by Crippen LogP contribution is 2.11. The molecule has 86 valence electrons. The van der Waals surface area contributed by atoms with Gasteiger partial charge in [0.15, 0.2) is 0 Å². The molecule has 5 nitrogen and oxygen atoms in total. The average molecular weight is 239 g/mol. The lowest BCUT2D eigenvalue weighted by atomic mass is 10.2. The van der Waals surface area contributed by atoms with Crippen LogP contribution in [0.15, 0.2) is 29.2 Å². The lowest BCUT2D eigenvalue weighted by Crippen LogP contribution is -2.37. The maximum absolute atomic E-state index is 11.6. The molecule has 0 aliphatic rings. The predicted molar refractivity (Wildman–Crippen MR) is 63.6 cm³/mol. The summed E-state index contributed by atoms with van der Waals surface area (Å²) in [5, 5.41) is 5.01. The number of carbonyl (C=O) groups is 2. The Kier molecular flexibility index (Phi) is 4.65. The fourth-order valence-electron chi connectivity index (χ4n) is 1.12. The number of hydrogen-bond acceptors (Lipinski definition) is 3. The number of urea groups is 1. The van der Waals surface area contributed by atoms with Gasteiger partial charge in [0.05, 0.1) is 5.56 Å². The van der Waals surface area contributed by atoms with E-state index in [0.29, 0.717) is 23.5 Å². The lowest BCUT2D eigenvalue weighted by Gasteiger charge is -2.06. The normalized spacial score (nSPS) is 9.56. The second-order valence-electron chi connectivity index (χ2n) is 3.06. The molecule has 16 heavy (non-hydrogen) atoms. The van der Waals surface area contributed by atoms with E-state index in [0.717, 1.165) is 0 Å². The average Bonchev–Trinajstić information content (AvgIpc) is 2.24. The van der Waals surface area contributed by atoms with Crippen LogP contribution in [0.2, 0.25) is 0 Å². The molecule has 0 saturated heterocycles. The Balaban J connectivity index is 2.41. The number of nitrogens with one attached hydrogen (secondary N) is 2. The minimum atomic E-state index is -0.608. The summed E-state index contributed by atoms with van der Waals surface area (Å²) < 4.78 is 0. The van der Waals surface area contributed by atoms with Crippen LogP contribution in [0.5, 0.6) is 0 Å². The van der Waals surface area contributed by atoms with Crippen LogP contribution in [0, 0.1) is 0 Å². The van der Waals surface area contributed by atoms with Crippen molar-refractivity contribution in [2.75, 3.05) is 13.1 Å². The van der Waals surface area contributed by atoms with E-state index in [4.69, 9.17) is 5.73 Å². The number of hydrogen-bond donors (Lipinski definition) is 4. The monoisotopic (exact) mass is 239 g/mol. The maximum atomic E-state index is 11.6. The molecule has 0 aliphatic carbocycles. The van der Waals surface area contributed by atoms with Crippen LogP contribution in [0.1, 0.15) is 10.4 Å². The SMILES string of the molecule is NC(=O)NCCNC(=O)c1ccccc1S. The van der Waals surface area contributed by atoms with Gasteiger partial charge in [-0.1, -0.05) is 12.1 Å². The third-order valence-corrected chi connectivity index (χ3v) is 2.25. The van der Waals surface area contributed by atoms with E-state index in [9.17, 15) is 9.59 Å². The van der Waals surface area contributed by atoms with Crippen molar-refractivity contribution in [1.82, 2.24) is 10.6 Å². The molecule has 0 spiro atoms. The first-order valence-corrected chi connectivity index (χ1v) is 5.15. The van der Waals surface area contributed by atoms with Crippen LogP contribution in [0.3, 0.4) is 0 Å². The van der Waals surface area contributed by atoms with Gasteiger partial charge in [-0.15, -0.1) is 12.6 Å². The fourth-order valence-corrected chi connectivity index (χ4v) is 1.38. The second kappa shape index (κ2) is 6.02. The van der Waals surface area contributed by atoms with Crippen LogP contribution in [-0.4, -0.2) is 25.0 Å². The number of primary amides is 1. The smallest absolute Gasteiger partial charge is 0.312 e. The van der Waals surface area contributed by atoms with Gasteiger partial charge < -0.3 is 16.4 Å². The zero-order valence-electron chi connectivity index (χ0n) is 8.56. The molecule has 1 rings (SSSR count). The molecule has 0 atom stereocenters. The summed E-state index contributed by atoms with van der Waals surface area (Å²) in [6.07, 6.45) is 0. The van der Waals surface area contributed by atoms with Crippen LogP contribution >= 0.6 is 12.6 Å². The summed E-state index contributed by atoms with van der Waals surface area (Å²) in [6.45, 7) is 0.625. The highest BCUT2D eigenvalue weighted by atomic mass is 32.1. The van der Waals surface area contributed by atoms with E-state index in [1.807, 2.05) is 0 Å². The topological polar surface area (TPSA) is 84.2 Å². The zero-order valence-corrected chi connectivity index (χ0v) is 9.46. The van der Waals surface area contributed by atoms with Crippen LogP contribution in [-0.2, 0) is 0 Å². The molecule has 0 fully saturated rings. The standard InChI is InChI=1S/C10H13N3O2S/c11-10(15)13-6-5-12-9(14)7-3-1-2-4-8(7)16/h1-4,16H,5-6H2,(H,12,14)(H3,11,13,15). The Morgan fingerprint density at radius 1 is 1.19 bits per heavy atom. The van der Waals surface area contributed by atoms with Crippen molar-refractivity contribution in [2.24, 2.45) is 5.73 Å². The molecule has 4 N–H and O–H groups in total. The summed E-state index contributed by atoms with van der Waals surface area (Å²) in [6, 6.07) is 6.37. The highest BCUT2D eigenvalue weighted by Gasteiger charge is 2.07. The Labute approximate surface area is 98.8 Å². The quantitative estimate of drug-likeness (QED) is 0.452. The van der Waals surface area contributed by atoms with Gasteiger partial charge in [0.1, 0.15) is 0 Å². The second-order valence-corrected chi connectivity index (χ2v) is 3.55. The Hall–Kier alpha value is -1.69. The van der Waals surface area contributed by atoms with Gasteiger partial charge in [0, 0.05) is 18.0 Å². The molecule has 0 bridgehead atoms. The number of nitrogens with two attached hydrogens (primary N) is 1. The first-order chi connectivity index (χ1) is 7.61. The molecule has 1 aromatic carbocycles. The van der Waals surface area contributed by atoms with Crippen molar-refractivity contribution in [3.05, 3.63) is 29.8 Å². The molecule has 0 aliphatic heterocycles. The number of carbonyl (C=O) groups excluding carboxylic acids is 2. The third kappa shape index (κ3) is 3.82. The van der Waals surface area contributed by atoms with Crippen LogP contribution in [0.25, 0.3) is 0 Å². The molecule has 0 unspecified atom stereocenters. The van der Waals surface area contributed by atoms with Gasteiger partial charge in [0.2, 0.25) is 0 Å². The van der Waals surface area contributed by atoms with Gasteiger partial charge in [-0.05, 0) is 12.1 Å². The van der Waals surface area contributed by atoms with E-state index in [1.165, 1.54) is 0 Å². The summed E-state index contributed by atoms with van der Waals surface area (Å²) >= 11 is 4.16. The van der Waals surface area contributed by atoms with Crippen molar-refractivity contribution in [2.45, 2.75) is 4.90 Å². The molecule has 0 saturated carbocycles. The maximum Gasteiger partial charge on any atom is 0.312 e. The minimum absolute atomic E-state index is 0.225. The van der Waals surface area contributed by atoms with Crippen LogP contribution < -0.4 is 16.4 Å². The largest absolute Gasteiger partial charge is 0.352 e. The Bertz CT molecular complexity index is 395. The highest BCUT2D eigenvalue weighted by molar-refractivity contribution is 7.80. The molecule has 0 radical (unpaired) electrons.